The Kier molecular flexibility index (Phi) is 6.40. The Morgan fingerprint density at radius 3 is 2.53 bits per heavy atom. The highest BCUT2D eigenvalue weighted by Gasteiger charge is 2.43. The minimum Gasteiger partial charge on any atom is -0.390 e. The zero-order chi connectivity index (χ0) is 23.7. The summed E-state index contributed by atoms with van der Waals surface area (Å²) in [5.41, 5.74) is 0.787. The third-order valence-electron chi connectivity index (χ3n) is 7.28. The number of ether oxygens (including phenoxy) is 1. The van der Waals surface area contributed by atoms with Gasteiger partial charge in [-0.15, -0.1) is 0 Å². The highest BCUT2D eigenvalue weighted by Crippen LogP contribution is 2.36. The molecule has 2 aromatic rings. The molecule has 1 aromatic carbocycles. The standard InChI is InChI=1S/C25H32FN5O3/c1-25(33)11-6-18(7-12-25)28-23-27-13-8-21(29-23)22-16-30(19-9-14-34-15-10-19)24(32)31(22)20-4-2-17(26)3-5-20/h2-5,8,13,18-19,22,33H,6-7,9-12,14-16H2,1H3,(H,27,28,29). The Morgan fingerprint density at radius 2 is 1.82 bits per heavy atom. The first-order chi connectivity index (χ1) is 16.4. The first-order valence-corrected chi connectivity index (χ1v) is 12.1. The first-order valence-electron chi connectivity index (χ1n) is 12.1. The van der Waals surface area contributed by atoms with Gasteiger partial charge in [-0.1, -0.05) is 0 Å². The van der Waals surface area contributed by atoms with E-state index in [1.807, 2.05) is 17.9 Å². The molecule has 3 heterocycles. The molecule has 1 unspecified atom stereocenters. The lowest BCUT2D eigenvalue weighted by Gasteiger charge is -2.33. The molecule has 2 amide bonds. The minimum absolute atomic E-state index is 0.0915. The van der Waals surface area contributed by atoms with Crippen molar-refractivity contribution >= 4 is 17.7 Å². The van der Waals surface area contributed by atoms with E-state index in [2.05, 4.69) is 10.3 Å². The number of nitrogens with one attached hydrogen (secondary N) is 1. The van der Waals surface area contributed by atoms with E-state index < -0.39 is 5.60 Å². The molecule has 182 valence electrons. The lowest BCUT2D eigenvalue weighted by Crippen LogP contribution is -2.42. The number of nitrogens with zero attached hydrogens (tertiary/aromatic N) is 4. The number of rotatable bonds is 5. The predicted molar refractivity (Wildman–Crippen MR) is 126 cm³/mol. The number of hydrogen-bond acceptors (Lipinski definition) is 6. The summed E-state index contributed by atoms with van der Waals surface area (Å²) in [4.78, 5) is 26.4. The van der Waals surface area contributed by atoms with E-state index in [1.54, 1.807) is 23.2 Å². The molecule has 2 saturated heterocycles. The van der Waals surface area contributed by atoms with Crippen molar-refractivity contribution in [3.8, 4) is 0 Å². The summed E-state index contributed by atoms with van der Waals surface area (Å²) in [5.74, 6) is 0.188. The maximum atomic E-state index is 13.6. The van der Waals surface area contributed by atoms with Gasteiger partial charge in [0.1, 0.15) is 5.82 Å². The van der Waals surface area contributed by atoms with Crippen LogP contribution >= 0.6 is 0 Å². The molecular weight excluding hydrogens is 437 g/mol. The van der Waals surface area contributed by atoms with Crippen LogP contribution in [0.4, 0.5) is 20.8 Å². The van der Waals surface area contributed by atoms with E-state index in [0.717, 1.165) is 44.2 Å². The summed E-state index contributed by atoms with van der Waals surface area (Å²) >= 11 is 0. The third-order valence-corrected chi connectivity index (χ3v) is 7.28. The van der Waals surface area contributed by atoms with Crippen LogP contribution in [-0.4, -0.2) is 63.4 Å². The molecule has 1 aromatic heterocycles. The fraction of sp³-hybridized carbons (Fsp3) is 0.560. The number of carbonyl (C=O) groups is 1. The van der Waals surface area contributed by atoms with Gasteiger partial charge in [0.05, 0.1) is 17.3 Å². The molecule has 1 saturated carbocycles. The highest BCUT2D eigenvalue weighted by molar-refractivity contribution is 5.95. The monoisotopic (exact) mass is 469 g/mol. The first kappa shape index (κ1) is 23.0. The number of hydrogen-bond donors (Lipinski definition) is 2. The van der Waals surface area contributed by atoms with Crippen LogP contribution in [0.25, 0.3) is 0 Å². The van der Waals surface area contributed by atoms with Crippen LogP contribution in [0.1, 0.15) is 57.2 Å². The van der Waals surface area contributed by atoms with Gasteiger partial charge in [-0.05, 0) is 75.8 Å². The van der Waals surface area contributed by atoms with Gasteiger partial charge in [0.2, 0.25) is 5.95 Å². The zero-order valence-corrected chi connectivity index (χ0v) is 19.5. The topological polar surface area (TPSA) is 90.8 Å². The normalized spacial score (nSPS) is 28.4. The van der Waals surface area contributed by atoms with Crippen LogP contribution in [0, 0.1) is 5.82 Å². The largest absolute Gasteiger partial charge is 0.390 e. The van der Waals surface area contributed by atoms with Crippen molar-refractivity contribution in [1.82, 2.24) is 14.9 Å². The van der Waals surface area contributed by atoms with Crippen LogP contribution in [0.2, 0.25) is 0 Å². The Labute approximate surface area is 199 Å². The molecule has 2 aliphatic heterocycles. The second kappa shape index (κ2) is 9.46. The SMILES string of the molecule is CC1(O)CCC(Nc2nccc(C3CN(C4CCOCC4)C(=O)N3c3ccc(F)cc3)n2)CC1. The van der Waals surface area contributed by atoms with Crippen molar-refractivity contribution in [2.45, 2.75) is 69.2 Å². The van der Waals surface area contributed by atoms with E-state index in [0.29, 0.717) is 31.4 Å². The number of benzene rings is 1. The van der Waals surface area contributed by atoms with Crippen molar-refractivity contribution in [1.29, 1.82) is 0 Å². The maximum absolute atomic E-state index is 13.6. The van der Waals surface area contributed by atoms with Gasteiger partial charge in [-0.25, -0.2) is 19.2 Å². The Balaban J connectivity index is 1.40. The fourth-order valence-corrected chi connectivity index (χ4v) is 5.23. The fourth-order valence-electron chi connectivity index (χ4n) is 5.23. The molecule has 1 atom stereocenters. The number of halogens is 1. The molecule has 34 heavy (non-hydrogen) atoms. The van der Waals surface area contributed by atoms with Gasteiger partial charge >= 0.3 is 6.03 Å². The van der Waals surface area contributed by atoms with Gasteiger partial charge in [0, 0.05) is 43.7 Å². The molecule has 1 aliphatic carbocycles. The lowest BCUT2D eigenvalue weighted by atomic mass is 9.84. The van der Waals surface area contributed by atoms with Crippen LogP contribution in [0.3, 0.4) is 0 Å². The molecule has 0 radical (unpaired) electrons. The van der Waals surface area contributed by atoms with Crippen LogP contribution in [0.5, 0.6) is 0 Å². The molecule has 0 spiro atoms. The summed E-state index contributed by atoms with van der Waals surface area (Å²) in [6.45, 7) is 3.67. The number of anilines is 2. The van der Waals surface area contributed by atoms with Gasteiger partial charge in [0.25, 0.3) is 0 Å². The average molecular weight is 470 g/mol. The van der Waals surface area contributed by atoms with E-state index in [9.17, 15) is 14.3 Å². The minimum atomic E-state index is -0.603. The third kappa shape index (κ3) is 4.86. The van der Waals surface area contributed by atoms with Crippen molar-refractivity contribution in [3.05, 3.63) is 48.0 Å². The predicted octanol–water partition coefficient (Wildman–Crippen LogP) is 3.88. The molecule has 5 rings (SSSR count). The van der Waals surface area contributed by atoms with E-state index in [1.165, 1.54) is 12.1 Å². The van der Waals surface area contributed by atoms with Crippen LogP contribution in [0.15, 0.2) is 36.5 Å². The van der Waals surface area contributed by atoms with Gasteiger partial charge in [-0.2, -0.15) is 0 Å². The van der Waals surface area contributed by atoms with E-state index in [4.69, 9.17) is 9.72 Å². The average Bonchev–Trinajstić information content (AvgIpc) is 3.19. The number of aliphatic hydroxyl groups is 1. The maximum Gasteiger partial charge on any atom is 0.325 e. The number of aromatic nitrogens is 2. The summed E-state index contributed by atoms with van der Waals surface area (Å²) in [6.07, 6.45) is 6.49. The van der Waals surface area contributed by atoms with Crippen molar-refractivity contribution in [2.75, 3.05) is 30.0 Å². The summed E-state index contributed by atoms with van der Waals surface area (Å²) in [6, 6.07) is 7.80. The van der Waals surface area contributed by atoms with Gasteiger partial charge < -0.3 is 20.1 Å². The smallest absolute Gasteiger partial charge is 0.325 e. The van der Waals surface area contributed by atoms with E-state index in [-0.39, 0.29) is 30.0 Å². The molecule has 0 bridgehead atoms. The van der Waals surface area contributed by atoms with Crippen molar-refractivity contribution in [2.24, 2.45) is 0 Å². The molecule has 9 heteroatoms. The zero-order valence-electron chi connectivity index (χ0n) is 19.5. The van der Waals surface area contributed by atoms with Gasteiger partial charge in [-0.3, -0.25) is 4.90 Å². The van der Waals surface area contributed by atoms with Gasteiger partial charge in [0.15, 0.2) is 0 Å². The molecular formula is C25H32FN5O3. The quantitative estimate of drug-likeness (QED) is 0.691. The van der Waals surface area contributed by atoms with Crippen molar-refractivity contribution in [3.63, 3.8) is 0 Å². The van der Waals surface area contributed by atoms with E-state index >= 15 is 0 Å². The molecule has 8 nitrogen and oxygen atoms in total. The number of amides is 2. The summed E-state index contributed by atoms with van der Waals surface area (Å²) in [7, 11) is 0. The number of carbonyl (C=O) groups excluding carboxylic acids is 1. The highest BCUT2D eigenvalue weighted by atomic mass is 19.1. The molecule has 3 fully saturated rings. The second-order valence-corrected chi connectivity index (χ2v) is 9.86. The van der Waals surface area contributed by atoms with Crippen LogP contribution in [-0.2, 0) is 4.74 Å². The van der Waals surface area contributed by atoms with Crippen molar-refractivity contribution < 1.29 is 19.0 Å². The molecule has 3 aliphatic rings. The van der Waals surface area contributed by atoms with Crippen LogP contribution < -0.4 is 10.2 Å². The summed E-state index contributed by atoms with van der Waals surface area (Å²) < 4.78 is 19.1. The molecule has 2 N–H and O–H groups in total. The second-order valence-electron chi connectivity index (χ2n) is 9.86. The summed E-state index contributed by atoms with van der Waals surface area (Å²) in [5, 5.41) is 13.6. The number of urea groups is 1. The Morgan fingerprint density at radius 1 is 1.12 bits per heavy atom. The Bertz CT molecular complexity index is 1000. The Hall–Kier alpha value is -2.78. The lowest BCUT2D eigenvalue weighted by molar-refractivity contribution is 0.0195.